The van der Waals surface area contributed by atoms with E-state index < -0.39 is 5.91 Å². The van der Waals surface area contributed by atoms with Crippen LogP contribution in [0.2, 0.25) is 0 Å². The maximum Gasteiger partial charge on any atom is 0.248 e. The largest absolute Gasteiger partial charge is 0.380 e. The highest BCUT2D eigenvalue weighted by Gasteiger charge is 2.25. The molecule has 0 aromatic heterocycles. The first kappa shape index (κ1) is 13.8. The average Bonchev–Trinajstić information content (AvgIpc) is 2.34. The quantitative estimate of drug-likeness (QED) is 0.881. The van der Waals surface area contributed by atoms with E-state index >= 15 is 0 Å². The van der Waals surface area contributed by atoms with Crippen LogP contribution in [-0.2, 0) is 0 Å². The van der Waals surface area contributed by atoms with Crippen LogP contribution >= 0.6 is 0 Å². The van der Waals surface area contributed by atoms with Crippen LogP contribution in [0.4, 0.5) is 10.1 Å². The topological polar surface area (TPSA) is 55.1 Å². The Morgan fingerprint density at radius 1 is 1.37 bits per heavy atom. The number of hydrogen-bond donors (Lipinski definition) is 2. The number of benzene rings is 1. The number of amides is 1. The summed E-state index contributed by atoms with van der Waals surface area (Å²) in [5.41, 5.74) is 5.93. The van der Waals surface area contributed by atoms with Gasteiger partial charge >= 0.3 is 0 Å². The maximum absolute atomic E-state index is 13.8. The molecule has 0 radical (unpaired) electrons. The van der Waals surface area contributed by atoms with Gasteiger partial charge in [-0.05, 0) is 49.3 Å². The Balaban J connectivity index is 2.14. The van der Waals surface area contributed by atoms with Gasteiger partial charge in [0, 0.05) is 11.6 Å². The molecule has 4 heteroatoms. The average molecular weight is 264 g/mol. The van der Waals surface area contributed by atoms with Crippen molar-refractivity contribution in [3.63, 3.8) is 0 Å². The van der Waals surface area contributed by atoms with E-state index in [1.54, 1.807) is 0 Å². The summed E-state index contributed by atoms with van der Waals surface area (Å²) in [5, 5.41) is 3.23. The molecular weight excluding hydrogens is 243 g/mol. The van der Waals surface area contributed by atoms with Gasteiger partial charge in [0.2, 0.25) is 5.91 Å². The molecule has 1 fully saturated rings. The molecule has 0 aliphatic heterocycles. The molecule has 1 saturated carbocycles. The molecule has 1 aliphatic carbocycles. The van der Waals surface area contributed by atoms with Gasteiger partial charge in [0.05, 0.1) is 5.69 Å². The van der Waals surface area contributed by atoms with Gasteiger partial charge in [0.15, 0.2) is 0 Å². The SMILES string of the molecule is CC1CCC(Nc2cc(C(N)=O)ccc2F)C(C)C1. The van der Waals surface area contributed by atoms with Gasteiger partial charge in [-0.2, -0.15) is 0 Å². The summed E-state index contributed by atoms with van der Waals surface area (Å²) in [6.07, 6.45) is 3.33. The number of carbonyl (C=O) groups is 1. The monoisotopic (exact) mass is 264 g/mol. The summed E-state index contributed by atoms with van der Waals surface area (Å²) in [6.45, 7) is 4.43. The van der Waals surface area contributed by atoms with E-state index in [2.05, 4.69) is 19.2 Å². The molecule has 1 aromatic carbocycles. The van der Waals surface area contributed by atoms with Crippen molar-refractivity contribution in [2.75, 3.05) is 5.32 Å². The molecule has 2 rings (SSSR count). The van der Waals surface area contributed by atoms with E-state index in [4.69, 9.17) is 5.73 Å². The Labute approximate surface area is 113 Å². The highest BCUT2D eigenvalue weighted by molar-refractivity contribution is 5.93. The molecule has 0 saturated heterocycles. The second-order valence-corrected chi connectivity index (χ2v) is 5.71. The molecule has 3 unspecified atom stereocenters. The molecule has 0 heterocycles. The van der Waals surface area contributed by atoms with Crippen molar-refractivity contribution in [3.8, 4) is 0 Å². The first-order valence-electron chi connectivity index (χ1n) is 6.83. The van der Waals surface area contributed by atoms with Crippen molar-refractivity contribution >= 4 is 11.6 Å². The molecule has 19 heavy (non-hydrogen) atoms. The lowest BCUT2D eigenvalue weighted by molar-refractivity contribution is 0.100. The van der Waals surface area contributed by atoms with E-state index in [0.29, 0.717) is 17.2 Å². The van der Waals surface area contributed by atoms with Crippen molar-refractivity contribution in [3.05, 3.63) is 29.6 Å². The third-order valence-electron chi connectivity index (χ3n) is 4.02. The maximum atomic E-state index is 13.8. The zero-order valence-electron chi connectivity index (χ0n) is 11.4. The van der Waals surface area contributed by atoms with Crippen molar-refractivity contribution in [1.82, 2.24) is 0 Å². The van der Waals surface area contributed by atoms with Crippen molar-refractivity contribution in [1.29, 1.82) is 0 Å². The lowest BCUT2D eigenvalue weighted by atomic mass is 9.80. The third kappa shape index (κ3) is 3.25. The van der Waals surface area contributed by atoms with Gasteiger partial charge in [-0.3, -0.25) is 4.79 Å². The van der Waals surface area contributed by atoms with Crippen molar-refractivity contribution < 1.29 is 9.18 Å². The molecule has 1 aromatic rings. The van der Waals surface area contributed by atoms with E-state index in [9.17, 15) is 9.18 Å². The number of nitrogens with one attached hydrogen (secondary N) is 1. The summed E-state index contributed by atoms with van der Waals surface area (Å²) < 4.78 is 13.8. The number of halogens is 1. The molecule has 104 valence electrons. The fourth-order valence-electron chi connectivity index (χ4n) is 2.87. The Hall–Kier alpha value is -1.58. The van der Waals surface area contributed by atoms with Crippen LogP contribution in [0, 0.1) is 17.7 Å². The molecule has 0 bridgehead atoms. The zero-order valence-corrected chi connectivity index (χ0v) is 11.4. The lowest BCUT2D eigenvalue weighted by Gasteiger charge is -2.34. The van der Waals surface area contributed by atoms with Crippen LogP contribution in [0.5, 0.6) is 0 Å². The summed E-state index contributed by atoms with van der Waals surface area (Å²) in [6, 6.07) is 4.46. The molecule has 1 aliphatic rings. The second kappa shape index (κ2) is 5.59. The normalized spacial score (nSPS) is 27.0. The summed E-state index contributed by atoms with van der Waals surface area (Å²) in [7, 11) is 0. The van der Waals surface area contributed by atoms with E-state index in [1.165, 1.54) is 18.2 Å². The highest BCUT2D eigenvalue weighted by Crippen LogP contribution is 2.31. The summed E-state index contributed by atoms with van der Waals surface area (Å²) in [5.74, 6) is 0.361. The fourth-order valence-corrected chi connectivity index (χ4v) is 2.87. The predicted molar refractivity (Wildman–Crippen MR) is 74.5 cm³/mol. The molecule has 3 N–H and O–H groups in total. The molecule has 3 atom stereocenters. The van der Waals surface area contributed by atoms with Crippen molar-refractivity contribution in [2.45, 2.75) is 39.2 Å². The highest BCUT2D eigenvalue weighted by atomic mass is 19.1. The Morgan fingerprint density at radius 3 is 2.74 bits per heavy atom. The smallest absolute Gasteiger partial charge is 0.248 e. The van der Waals surface area contributed by atoms with Crippen LogP contribution in [-0.4, -0.2) is 11.9 Å². The van der Waals surface area contributed by atoms with E-state index in [1.807, 2.05) is 0 Å². The van der Waals surface area contributed by atoms with Gasteiger partial charge in [-0.1, -0.05) is 13.8 Å². The van der Waals surface area contributed by atoms with E-state index in [-0.39, 0.29) is 11.9 Å². The van der Waals surface area contributed by atoms with Gasteiger partial charge in [0.1, 0.15) is 5.82 Å². The molecule has 0 spiro atoms. The van der Waals surface area contributed by atoms with Crippen LogP contribution in [0.1, 0.15) is 43.5 Å². The number of rotatable bonds is 3. The standard InChI is InChI=1S/C15H21FN2O/c1-9-3-6-13(10(2)7-9)18-14-8-11(15(17)19)4-5-12(14)16/h4-5,8-10,13,18H,3,6-7H2,1-2H3,(H2,17,19). The number of nitrogens with two attached hydrogens (primary N) is 1. The van der Waals surface area contributed by atoms with Gasteiger partial charge in [-0.15, -0.1) is 0 Å². The van der Waals surface area contributed by atoms with Crippen LogP contribution < -0.4 is 11.1 Å². The third-order valence-corrected chi connectivity index (χ3v) is 4.02. The summed E-state index contributed by atoms with van der Waals surface area (Å²) in [4.78, 5) is 11.1. The number of carbonyl (C=O) groups excluding carboxylic acids is 1. The Morgan fingerprint density at radius 2 is 2.11 bits per heavy atom. The minimum Gasteiger partial charge on any atom is -0.380 e. The van der Waals surface area contributed by atoms with Gasteiger partial charge in [0.25, 0.3) is 0 Å². The number of anilines is 1. The van der Waals surface area contributed by atoms with Crippen molar-refractivity contribution in [2.24, 2.45) is 17.6 Å². The lowest BCUT2D eigenvalue weighted by Crippen LogP contribution is -2.33. The fraction of sp³-hybridized carbons (Fsp3) is 0.533. The number of primary amides is 1. The molecule has 1 amide bonds. The predicted octanol–water partition coefficient (Wildman–Crippen LogP) is 3.16. The van der Waals surface area contributed by atoms with Crippen LogP contribution in [0.3, 0.4) is 0 Å². The van der Waals surface area contributed by atoms with Crippen LogP contribution in [0.15, 0.2) is 18.2 Å². The Kier molecular flexibility index (Phi) is 4.08. The summed E-state index contributed by atoms with van der Waals surface area (Å²) >= 11 is 0. The number of hydrogen-bond acceptors (Lipinski definition) is 2. The van der Waals surface area contributed by atoms with Gasteiger partial charge < -0.3 is 11.1 Å². The minimum absolute atomic E-state index is 0.258. The second-order valence-electron chi connectivity index (χ2n) is 5.71. The first-order chi connectivity index (χ1) is 8.97. The first-order valence-corrected chi connectivity index (χ1v) is 6.83. The minimum atomic E-state index is -0.534. The van der Waals surface area contributed by atoms with Crippen LogP contribution in [0.25, 0.3) is 0 Å². The Bertz CT molecular complexity index is 475. The van der Waals surface area contributed by atoms with Gasteiger partial charge in [-0.25, -0.2) is 4.39 Å². The zero-order chi connectivity index (χ0) is 14.0. The molecule has 3 nitrogen and oxygen atoms in total. The molecular formula is C15H21FN2O. The van der Waals surface area contributed by atoms with E-state index in [0.717, 1.165) is 25.2 Å².